The zero-order valence-electron chi connectivity index (χ0n) is 10.8. The third kappa shape index (κ3) is 3.10. The van der Waals surface area contributed by atoms with Crippen molar-refractivity contribution in [2.24, 2.45) is 0 Å². The van der Waals surface area contributed by atoms with E-state index in [-0.39, 0.29) is 11.3 Å². The lowest BCUT2D eigenvalue weighted by atomic mass is 10.2. The van der Waals surface area contributed by atoms with Crippen LogP contribution in [0.4, 0.5) is 11.4 Å². The van der Waals surface area contributed by atoms with Crippen molar-refractivity contribution in [2.45, 2.75) is 19.9 Å². The van der Waals surface area contributed by atoms with Gasteiger partial charge in [-0.3, -0.25) is 10.1 Å². The Balaban J connectivity index is 2.12. The number of thiazole rings is 1. The summed E-state index contributed by atoms with van der Waals surface area (Å²) in [5, 5.41) is 23.7. The van der Waals surface area contributed by atoms with Gasteiger partial charge in [0, 0.05) is 22.8 Å². The number of nitro groups is 1. The molecule has 0 atom stereocenters. The summed E-state index contributed by atoms with van der Waals surface area (Å²) in [6, 6.07) is 6.27. The molecule has 7 heteroatoms. The van der Waals surface area contributed by atoms with E-state index in [0.717, 1.165) is 11.4 Å². The van der Waals surface area contributed by atoms with Crippen molar-refractivity contribution in [1.29, 1.82) is 5.26 Å². The van der Waals surface area contributed by atoms with E-state index in [1.165, 1.54) is 17.0 Å². The van der Waals surface area contributed by atoms with Crippen LogP contribution < -0.4 is 5.32 Å². The second-order valence-electron chi connectivity index (χ2n) is 4.03. The van der Waals surface area contributed by atoms with Crippen molar-refractivity contribution in [2.75, 3.05) is 5.32 Å². The summed E-state index contributed by atoms with van der Waals surface area (Å²) in [7, 11) is 0. The minimum atomic E-state index is -0.553. The minimum Gasteiger partial charge on any atom is -0.378 e. The third-order valence-electron chi connectivity index (χ3n) is 2.71. The number of hydrogen-bond acceptors (Lipinski definition) is 6. The Morgan fingerprint density at radius 2 is 2.35 bits per heavy atom. The fourth-order valence-corrected chi connectivity index (χ4v) is 2.46. The molecule has 1 aromatic heterocycles. The molecule has 0 aliphatic rings. The van der Waals surface area contributed by atoms with Crippen LogP contribution in [0.2, 0.25) is 0 Å². The number of aromatic nitrogens is 1. The fourth-order valence-electron chi connectivity index (χ4n) is 1.66. The highest BCUT2D eigenvalue weighted by Crippen LogP contribution is 2.23. The molecule has 0 saturated carbocycles. The van der Waals surface area contributed by atoms with Gasteiger partial charge >= 0.3 is 0 Å². The molecule has 2 aromatic rings. The van der Waals surface area contributed by atoms with Gasteiger partial charge in [0.1, 0.15) is 16.6 Å². The molecule has 0 saturated heterocycles. The third-order valence-corrected chi connectivity index (χ3v) is 3.85. The molecule has 0 unspecified atom stereocenters. The van der Waals surface area contributed by atoms with Crippen molar-refractivity contribution in [3.05, 3.63) is 50.0 Å². The molecular weight excluding hydrogens is 276 g/mol. The van der Waals surface area contributed by atoms with Gasteiger partial charge in [-0.05, 0) is 18.6 Å². The number of anilines is 1. The lowest BCUT2D eigenvalue weighted by Crippen LogP contribution is -2.00. The van der Waals surface area contributed by atoms with Crippen LogP contribution >= 0.6 is 11.3 Å². The number of benzene rings is 1. The molecule has 1 N–H and O–H groups in total. The standard InChI is InChI=1S/C13H12N4O2S/c1-2-11-7-16-13(20-11)8-15-10-4-3-9(6-14)12(5-10)17(18)19/h3-5,7,15H,2,8H2,1H3. The first kappa shape index (κ1) is 14.0. The summed E-state index contributed by atoms with van der Waals surface area (Å²) in [6.45, 7) is 2.57. The molecule has 2 rings (SSSR count). The minimum absolute atomic E-state index is 0.0584. The van der Waals surface area contributed by atoms with Gasteiger partial charge in [0.05, 0.1) is 11.5 Å². The van der Waals surface area contributed by atoms with Crippen molar-refractivity contribution < 1.29 is 4.92 Å². The Kier molecular flexibility index (Phi) is 4.27. The van der Waals surface area contributed by atoms with Crippen molar-refractivity contribution in [3.8, 4) is 6.07 Å². The summed E-state index contributed by atoms with van der Waals surface area (Å²) in [4.78, 5) is 15.8. The molecule has 0 radical (unpaired) electrons. The van der Waals surface area contributed by atoms with Crippen LogP contribution in [0.1, 0.15) is 22.4 Å². The Labute approximate surface area is 119 Å². The first-order valence-electron chi connectivity index (χ1n) is 6.00. The predicted molar refractivity (Wildman–Crippen MR) is 76.6 cm³/mol. The summed E-state index contributed by atoms with van der Waals surface area (Å²) in [5.41, 5.74) is 0.470. The first-order chi connectivity index (χ1) is 9.63. The Morgan fingerprint density at radius 1 is 1.55 bits per heavy atom. The summed E-state index contributed by atoms with van der Waals surface area (Å²) in [5.74, 6) is 0. The second kappa shape index (κ2) is 6.12. The largest absolute Gasteiger partial charge is 0.378 e. The van der Waals surface area contributed by atoms with Crippen LogP contribution in [-0.4, -0.2) is 9.91 Å². The smallest absolute Gasteiger partial charge is 0.289 e. The first-order valence-corrected chi connectivity index (χ1v) is 6.81. The normalized spacial score (nSPS) is 10.0. The van der Waals surface area contributed by atoms with Crippen LogP contribution in [-0.2, 0) is 13.0 Å². The van der Waals surface area contributed by atoms with Crippen molar-refractivity contribution >= 4 is 22.7 Å². The van der Waals surface area contributed by atoms with Crippen LogP contribution in [0, 0.1) is 21.4 Å². The highest BCUT2D eigenvalue weighted by atomic mass is 32.1. The van der Waals surface area contributed by atoms with Crippen LogP contribution in [0.5, 0.6) is 0 Å². The molecule has 0 aliphatic carbocycles. The molecule has 0 spiro atoms. The molecule has 1 aromatic carbocycles. The molecule has 0 amide bonds. The molecule has 0 bridgehead atoms. The summed E-state index contributed by atoms with van der Waals surface area (Å²) in [6.07, 6.45) is 2.78. The van der Waals surface area contributed by atoms with E-state index in [9.17, 15) is 10.1 Å². The zero-order chi connectivity index (χ0) is 14.5. The van der Waals surface area contributed by atoms with E-state index in [4.69, 9.17) is 5.26 Å². The van der Waals surface area contributed by atoms with Crippen LogP contribution in [0.15, 0.2) is 24.4 Å². The Bertz CT molecular complexity index is 675. The van der Waals surface area contributed by atoms with Gasteiger partial charge < -0.3 is 5.32 Å². The van der Waals surface area contributed by atoms with E-state index in [0.29, 0.717) is 12.2 Å². The molecule has 0 aliphatic heterocycles. The van der Waals surface area contributed by atoms with Crippen molar-refractivity contribution in [3.63, 3.8) is 0 Å². The number of hydrogen-bond donors (Lipinski definition) is 1. The molecule has 20 heavy (non-hydrogen) atoms. The number of nitro benzene ring substituents is 1. The molecule has 6 nitrogen and oxygen atoms in total. The van der Waals surface area contributed by atoms with Gasteiger partial charge in [-0.15, -0.1) is 11.3 Å². The highest BCUT2D eigenvalue weighted by Gasteiger charge is 2.14. The fraction of sp³-hybridized carbons (Fsp3) is 0.231. The summed E-state index contributed by atoms with van der Waals surface area (Å²) < 4.78 is 0. The Morgan fingerprint density at radius 3 is 2.95 bits per heavy atom. The quantitative estimate of drug-likeness (QED) is 0.674. The zero-order valence-corrected chi connectivity index (χ0v) is 11.6. The molecular formula is C13H12N4O2S. The number of rotatable bonds is 5. The lowest BCUT2D eigenvalue weighted by molar-refractivity contribution is -0.385. The van der Waals surface area contributed by atoms with E-state index in [1.54, 1.807) is 17.4 Å². The van der Waals surface area contributed by atoms with E-state index in [1.807, 2.05) is 12.3 Å². The van der Waals surface area contributed by atoms with Gasteiger partial charge in [0.25, 0.3) is 5.69 Å². The highest BCUT2D eigenvalue weighted by molar-refractivity contribution is 7.11. The van der Waals surface area contributed by atoms with Crippen LogP contribution in [0.25, 0.3) is 0 Å². The monoisotopic (exact) mass is 288 g/mol. The topological polar surface area (TPSA) is 91.8 Å². The van der Waals surface area contributed by atoms with E-state index >= 15 is 0 Å². The Hall–Kier alpha value is -2.46. The van der Waals surface area contributed by atoms with Crippen molar-refractivity contribution in [1.82, 2.24) is 4.98 Å². The van der Waals surface area contributed by atoms with Crippen LogP contribution in [0.3, 0.4) is 0 Å². The van der Waals surface area contributed by atoms with Gasteiger partial charge in [-0.2, -0.15) is 5.26 Å². The predicted octanol–water partition coefficient (Wildman–Crippen LogP) is 3.10. The number of nitrogens with zero attached hydrogens (tertiary/aromatic N) is 3. The van der Waals surface area contributed by atoms with Gasteiger partial charge in [-0.25, -0.2) is 4.98 Å². The number of nitriles is 1. The SMILES string of the molecule is CCc1cnc(CNc2ccc(C#N)c([N+](=O)[O-])c2)s1. The van der Waals surface area contributed by atoms with E-state index < -0.39 is 4.92 Å². The summed E-state index contributed by atoms with van der Waals surface area (Å²) >= 11 is 1.61. The maximum absolute atomic E-state index is 10.9. The maximum atomic E-state index is 10.9. The lowest BCUT2D eigenvalue weighted by Gasteiger charge is -2.04. The second-order valence-corrected chi connectivity index (χ2v) is 5.23. The maximum Gasteiger partial charge on any atom is 0.289 e. The number of aryl methyl sites for hydroxylation is 1. The number of nitrogens with one attached hydrogen (secondary N) is 1. The molecule has 102 valence electrons. The van der Waals surface area contributed by atoms with E-state index in [2.05, 4.69) is 17.2 Å². The average Bonchev–Trinajstić information content (AvgIpc) is 2.92. The molecule has 0 fully saturated rings. The average molecular weight is 288 g/mol. The molecule has 1 heterocycles. The van der Waals surface area contributed by atoms with Gasteiger partial charge in [0.15, 0.2) is 0 Å². The van der Waals surface area contributed by atoms with Gasteiger partial charge in [0.2, 0.25) is 0 Å². The van der Waals surface area contributed by atoms with Gasteiger partial charge in [-0.1, -0.05) is 6.92 Å².